The van der Waals surface area contributed by atoms with Crippen LogP contribution in [-0.4, -0.2) is 58.0 Å². The topological polar surface area (TPSA) is 130 Å². The molecule has 0 saturated carbocycles. The lowest BCUT2D eigenvalue weighted by Gasteiger charge is -2.21. The van der Waals surface area contributed by atoms with Crippen molar-refractivity contribution in [3.05, 3.63) is 47.1 Å². The minimum absolute atomic E-state index is 0.0114. The smallest absolute Gasteiger partial charge is 0.342 e. The van der Waals surface area contributed by atoms with Crippen LogP contribution >= 0.6 is 0 Å². The third kappa shape index (κ3) is 7.53. The molecular weight excluding hydrogens is 440 g/mol. The number of hydrogen-bond acceptors (Lipinski definition) is 8. The van der Waals surface area contributed by atoms with Gasteiger partial charge < -0.3 is 24.8 Å². The predicted octanol–water partition coefficient (Wildman–Crippen LogP) is 3.11. The second kappa shape index (κ2) is 13.1. The molecule has 1 aliphatic heterocycles. The van der Waals surface area contributed by atoms with Crippen molar-refractivity contribution in [3.8, 4) is 5.75 Å². The fourth-order valence-electron chi connectivity index (χ4n) is 3.46. The van der Waals surface area contributed by atoms with Gasteiger partial charge in [-0.1, -0.05) is 38.1 Å². The number of ether oxygens (including phenoxy) is 2. The third-order valence-corrected chi connectivity index (χ3v) is 5.83. The number of fused-ring (bicyclic) bond motifs is 1. The fourth-order valence-corrected chi connectivity index (χ4v) is 3.46. The molecule has 1 aliphatic rings. The summed E-state index contributed by atoms with van der Waals surface area (Å²) in [4.78, 5) is 36.4. The monoisotopic (exact) mass is 474 g/mol. The Hall–Kier alpha value is -2.97. The van der Waals surface area contributed by atoms with Gasteiger partial charge in [-0.2, -0.15) is 0 Å². The van der Waals surface area contributed by atoms with Crippen molar-refractivity contribution >= 4 is 23.8 Å². The Morgan fingerprint density at radius 3 is 2.59 bits per heavy atom. The number of aryl methyl sites for hydroxylation is 1. The van der Waals surface area contributed by atoms with Crippen LogP contribution in [0.25, 0.3) is 6.08 Å². The van der Waals surface area contributed by atoms with E-state index in [1.165, 1.54) is 18.2 Å². The first-order valence-corrected chi connectivity index (χ1v) is 11.6. The van der Waals surface area contributed by atoms with Gasteiger partial charge in [0.25, 0.3) is 0 Å². The fraction of sp³-hybridized carbons (Fsp3) is 0.500. The number of aliphatic hydroxyl groups excluding tert-OH is 2. The van der Waals surface area contributed by atoms with Gasteiger partial charge in [0.05, 0.1) is 12.7 Å². The number of esters is 2. The van der Waals surface area contributed by atoms with E-state index in [4.69, 9.17) is 9.47 Å². The number of ketones is 1. The first-order chi connectivity index (χ1) is 16.1. The molecule has 0 fully saturated rings. The van der Waals surface area contributed by atoms with E-state index in [-0.39, 0.29) is 29.6 Å². The molecule has 0 aliphatic carbocycles. The normalized spacial score (nSPS) is 25.6. The number of unbranched alkanes of at least 4 members (excludes halogenated alkanes) is 1. The Labute approximate surface area is 199 Å². The van der Waals surface area contributed by atoms with Crippen LogP contribution in [-0.2, 0) is 25.5 Å². The van der Waals surface area contributed by atoms with Crippen LogP contribution in [0.5, 0.6) is 5.75 Å². The number of carbonyl (C=O) groups excluding carboxylic acids is 3. The Morgan fingerprint density at radius 1 is 1.15 bits per heavy atom. The van der Waals surface area contributed by atoms with Crippen molar-refractivity contribution in [1.29, 1.82) is 0 Å². The lowest BCUT2D eigenvalue weighted by molar-refractivity contribution is -0.143. The Kier molecular flexibility index (Phi) is 10.5. The molecule has 186 valence electrons. The second-order valence-electron chi connectivity index (χ2n) is 8.44. The highest BCUT2D eigenvalue weighted by atomic mass is 16.5. The van der Waals surface area contributed by atoms with Gasteiger partial charge in [-0.3, -0.25) is 9.59 Å². The quantitative estimate of drug-likeness (QED) is 0.424. The van der Waals surface area contributed by atoms with Crippen LogP contribution in [0.4, 0.5) is 0 Å². The molecule has 0 radical (unpaired) electrons. The number of aliphatic hydroxyl groups is 2. The summed E-state index contributed by atoms with van der Waals surface area (Å²) in [5, 5.41) is 30.8. The maximum atomic E-state index is 13.0. The van der Waals surface area contributed by atoms with Crippen molar-refractivity contribution in [3.63, 3.8) is 0 Å². The summed E-state index contributed by atoms with van der Waals surface area (Å²) < 4.78 is 10.7. The zero-order valence-electron chi connectivity index (χ0n) is 19.9. The summed E-state index contributed by atoms with van der Waals surface area (Å²) >= 11 is 0. The van der Waals surface area contributed by atoms with E-state index in [2.05, 4.69) is 0 Å². The van der Waals surface area contributed by atoms with Gasteiger partial charge in [-0.15, -0.1) is 0 Å². The Balaban J connectivity index is 2.35. The summed E-state index contributed by atoms with van der Waals surface area (Å²) in [6, 6.07) is 3.14. The standard InChI is InChI=1S/C26H34O8/c1-4-23(30)33-15-6-5-8-18-12-14-20(27)24-19(18)9-7-10-21(28)25(31)22(29)13-11-16(2)17(3)34-26(24)32/h7,9,11-14,16-17,21,25,27-28,31H,4-6,8,10,15H2,1-3H3/b9-7+,13-11-/t16-,17+,21+,25+/m1/s1. The number of carbonyl (C=O) groups is 3. The molecule has 0 saturated heterocycles. The van der Waals surface area contributed by atoms with Crippen LogP contribution in [0.15, 0.2) is 30.4 Å². The SMILES string of the molecule is CCC(=O)OCCCCc1ccc(O)c2c1/C=C/C[C@H](O)[C@H](O)C(=O)/C=C\[C@@H](C)[C@H](C)OC2=O. The van der Waals surface area contributed by atoms with Gasteiger partial charge in [-0.05, 0) is 55.9 Å². The molecule has 1 aromatic carbocycles. The highest BCUT2D eigenvalue weighted by Gasteiger charge is 2.25. The molecule has 2 rings (SSSR count). The zero-order chi connectivity index (χ0) is 25.3. The molecule has 0 unspecified atom stereocenters. The number of phenolic OH excluding ortho intramolecular Hbond substituents is 1. The van der Waals surface area contributed by atoms with Gasteiger partial charge in [0, 0.05) is 12.3 Å². The van der Waals surface area contributed by atoms with E-state index in [1.807, 2.05) is 0 Å². The van der Waals surface area contributed by atoms with Crippen LogP contribution in [0.3, 0.4) is 0 Å². The Morgan fingerprint density at radius 2 is 1.88 bits per heavy atom. The van der Waals surface area contributed by atoms with Crippen LogP contribution in [0, 0.1) is 5.92 Å². The van der Waals surface area contributed by atoms with E-state index < -0.39 is 30.1 Å². The van der Waals surface area contributed by atoms with Crippen molar-refractivity contribution in [1.82, 2.24) is 0 Å². The molecule has 1 aromatic rings. The van der Waals surface area contributed by atoms with Gasteiger partial charge in [0.15, 0.2) is 5.78 Å². The van der Waals surface area contributed by atoms with Crippen LogP contribution < -0.4 is 0 Å². The molecular formula is C26H34O8. The Bertz CT molecular complexity index is 933. The zero-order valence-corrected chi connectivity index (χ0v) is 19.9. The first-order valence-electron chi connectivity index (χ1n) is 11.6. The van der Waals surface area contributed by atoms with Gasteiger partial charge in [0.1, 0.15) is 23.5 Å². The van der Waals surface area contributed by atoms with E-state index in [1.54, 1.807) is 39.0 Å². The van der Waals surface area contributed by atoms with E-state index in [0.29, 0.717) is 37.9 Å². The van der Waals surface area contributed by atoms with Crippen molar-refractivity contribution in [2.45, 2.75) is 71.2 Å². The average molecular weight is 475 g/mol. The highest BCUT2D eigenvalue weighted by molar-refractivity contribution is 5.97. The molecule has 3 N–H and O–H groups in total. The lowest BCUT2D eigenvalue weighted by atomic mass is 9.94. The highest BCUT2D eigenvalue weighted by Crippen LogP contribution is 2.29. The number of hydrogen-bond donors (Lipinski definition) is 3. The maximum absolute atomic E-state index is 13.0. The molecule has 1 heterocycles. The number of aromatic hydroxyl groups is 1. The summed E-state index contributed by atoms with van der Waals surface area (Å²) in [6.45, 7) is 5.44. The molecule has 34 heavy (non-hydrogen) atoms. The minimum atomic E-state index is -1.58. The molecule has 4 atom stereocenters. The number of benzene rings is 1. The molecule has 0 amide bonds. The largest absolute Gasteiger partial charge is 0.507 e. The lowest BCUT2D eigenvalue weighted by Crippen LogP contribution is -2.32. The van der Waals surface area contributed by atoms with Crippen molar-refractivity contribution in [2.24, 2.45) is 5.92 Å². The van der Waals surface area contributed by atoms with Crippen LogP contribution in [0.2, 0.25) is 0 Å². The molecule has 8 nitrogen and oxygen atoms in total. The first kappa shape index (κ1) is 27.3. The summed E-state index contributed by atoms with van der Waals surface area (Å²) in [5.74, 6) is -2.18. The van der Waals surface area contributed by atoms with Gasteiger partial charge in [-0.25, -0.2) is 4.79 Å². The predicted molar refractivity (Wildman–Crippen MR) is 126 cm³/mol. The molecule has 0 spiro atoms. The van der Waals surface area contributed by atoms with Gasteiger partial charge >= 0.3 is 11.9 Å². The van der Waals surface area contributed by atoms with Crippen LogP contribution in [0.1, 0.15) is 67.9 Å². The van der Waals surface area contributed by atoms with E-state index >= 15 is 0 Å². The maximum Gasteiger partial charge on any atom is 0.342 e. The summed E-state index contributed by atoms with van der Waals surface area (Å²) in [5.41, 5.74) is 1.22. The van der Waals surface area contributed by atoms with Gasteiger partial charge in [0.2, 0.25) is 0 Å². The molecule has 0 bridgehead atoms. The number of phenols is 1. The second-order valence-corrected chi connectivity index (χ2v) is 8.44. The molecule has 0 aromatic heterocycles. The minimum Gasteiger partial charge on any atom is -0.507 e. The average Bonchev–Trinajstić information content (AvgIpc) is 2.81. The number of cyclic esters (lactones) is 1. The molecule has 8 heteroatoms. The van der Waals surface area contributed by atoms with E-state index in [9.17, 15) is 29.7 Å². The third-order valence-electron chi connectivity index (χ3n) is 5.83. The van der Waals surface area contributed by atoms with Crippen molar-refractivity contribution < 1.29 is 39.2 Å². The summed E-state index contributed by atoms with van der Waals surface area (Å²) in [7, 11) is 0. The number of rotatable bonds is 6. The van der Waals surface area contributed by atoms with E-state index in [0.717, 1.165) is 5.56 Å². The van der Waals surface area contributed by atoms with Crippen molar-refractivity contribution in [2.75, 3.05) is 6.61 Å². The summed E-state index contributed by atoms with van der Waals surface area (Å²) in [6.07, 6.45) is 4.42.